The van der Waals surface area contributed by atoms with Gasteiger partial charge in [-0.2, -0.15) is 0 Å². The van der Waals surface area contributed by atoms with E-state index < -0.39 is 0 Å². The van der Waals surface area contributed by atoms with Gasteiger partial charge in [0, 0.05) is 12.6 Å². The van der Waals surface area contributed by atoms with E-state index in [1.165, 1.54) is 0 Å². The summed E-state index contributed by atoms with van der Waals surface area (Å²) < 4.78 is 0. The minimum atomic E-state index is -0.00407. The van der Waals surface area contributed by atoms with Gasteiger partial charge in [-0.15, -0.1) is 0 Å². The maximum atomic E-state index is 11.5. The van der Waals surface area contributed by atoms with Crippen molar-refractivity contribution < 1.29 is 4.79 Å². The summed E-state index contributed by atoms with van der Waals surface area (Å²) >= 11 is 0. The van der Waals surface area contributed by atoms with Crippen molar-refractivity contribution in [3.63, 3.8) is 0 Å². The Hall–Kier alpha value is -0.870. The Kier molecular flexibility index (Phi) is 5.42. The van der Waals surface area contributed by atoms with E-state index in [-0.39, 0.29) is 5.91 Å². The summed E-state index contributed by atoms with van der Waals surface area (Å²) in [6, 6.07) is 0. The van der Waals surface area contributed by atoms with E-state index in [4.69, 9.17) is 0 Å². The van der Waals surface area contributed by atoms with E-state index in [1.54, 1.807) is 18.9 Å². The van der Waals surface area contributed by atoms with Gasteiger partial charge in [0.25, 0.3) is 0 Å². The van der Waals surface area contributed by atoms with E-state index in [0.717, 1.165) is 6.67 Å². The quantitative estimate of drug-likeness (QED) is 0.474. The molecule has 0 unspecified atom stereocenters. The van der Waals surface area contributed by atoms with Gasteiger partial charge in [-0.3, -0.25) is 14.6 Å². The summed E-state index contributed by atoms with van der Waals surface area (Å²) in [5.74, 6) is -0.00407. The highest BCUT2D eigenvalue weighted by Crippen LogP contribution is 1.97. The topological polar surface area (TPSA) is 26.8 Å². The molecule has 0 saturated carbocycles. The largest absolute Gasteiger partial charge is 0.329 e. The van der Waals surface area contributed by atoms with Gasteiger partial charge < -0.3 is 4.90 Å². The van der Waals surface area contributed by atoms with Gasteiger partial charge in [-0.05, 0) is 28.1 Å². The lowest BCUT2D eigenvalue weighted by Crippen LogP contribution is -2.41. The van der Waals surface area contributed by atoms with Crippen LogP contribution in [0, 0.1) is 0 Å². The molecule has 0 aromatic carbocycles. The van der Waals surface area contributed by atoms with Crippen LogP contribution in [0.25, 0.3) is 0 Å². The standard InChI is InChI=1S/C10H21N3O/c1-9(2)10(14)13(6)8-12(5)7-11(3)4/h1,7-8H2,2-6H3. The van der Waals surface area contributed by atoms with Crippen LogP contribution in [0.2, 0.25) is 0 Å². The van der Waals surface area contributed by atoms with Crippen molar-refractivity contribution in [2.45, 2.75) is 6.92 Å². The average Bonchev–Trinajstić information content (AvgIpc) is 2.00. The Labute approximate surface area is 86.8 Å². The van der Waals surface area contributed by atoms with Crippen molar-refractivity contribution in [1.82, 2.24) is 14.7 Å². The van der Waals surface area contributed by atoms with Gasteiger partial charge in [0.2, 0.25) is 5.91 Å². The number of likely N-dealkylation sites (N-methyl/N-ethyl adjacent to an activating group) is 1. The summed E-state index contributed by atoms with van der Waals surface area (Å²) in [6.45, 7) is 6.79. The third-order valence-electron chi connectivity index (χ3n) is 1.69. The summed E-state index contributed by atoms with van der Waals surface area (Å²) in [5, 5.41) is 0. The van der Waals surface area contributed by atoms with Crippen LogP contribution in [0.15, 0.2) is 12.2 Å². The Morgan fingerprint density at radius 3 is 2.00 bits per heavy atom. The van der Waals surface area contributed by atoms with Crippen LogP contribution >= 0.6 is 0 Å². The van der Waals surface area contributed by atoms with Gasteiger partial charge in [0.15, 0.2) is 0 Å². The fourth-order valence-electron chi connectivity index (χ4n) is 1.28. The molecular formula is C10H21N3O. The Bertz CT molecular complexity index is 213. The molecule has 4 heteroatoms. The number of rotatable bonds is 5. The smallest absolute Gasteiger partial charge is 0.249 e. The second-order valence-electron chi connectivity index (χ2n) is 4.00. The third kappa shape index (κ3) is 4.99. The van der Waals surface area contributed by atoms with Crippen LogP contribution in [0.3, 0.4) is 0 Å². The molecule has 0 atom stereocenters. The molecule has 0 aliphatic carbocycles. The summed E-state index contributed by atoms with van der Waals surface area (Å²) in [5.41, 5.74) is 0.575. The Morgan fingerprint density at radius 1 is 1.14 bits per heavy atom. The molecule has 0 fully saturated rings. The molecule has 0 radical (unpaired) electrons. The zero-order valence-electron chi connectivity index (χ0n) is 9.87. The first-order valence-electron chi connectivity index (χ1n) is 4.59. The van der Waals surface area contributed by atoms with Gasteiger partial charge in [0.05, 0.1) is 13.3 Å². The minimum absolute atomic E-state index is 0.00407. The van der Waals surface area contributed by atoms with Crippen molar-refractivity contribution >= 4 is 5.91 Å². The highest BCUT2D eigenvalue weighted by Gasteiger charge is 2.11. The van der Waals surface area contributed by atoms with E-state index >= 15 is 0 Å². The van der Waals surface area contributed by atoms with E-state index in [2.05, 4.69) is 16.4 Å². The minimum Gasteiger partial charge on any atom is -0.329 e. The molecule has 0 rings (SSSR count). The third-order valence-corrected chi connectivity index (χ3v) is 1.69. The molecule has 1 amide bonds. The lowest BCUT2D eigenvalue weighted by molar-refractivity contribution is -0.127. The molecule has 4 nitrogen and oxygen atoms in total. The molecule has 14 heavy (non-hydrogen) atoms. The van der Waals surface area contributed by atoms with Crippen LogP contribution in [0.4, 0.5) is 0 Å². The molecule has 0 aromatic heterocycles. The number of hydrogen-bond donors (Lipinski definition) is 0. The highest BCUT2D eigenvalue weighted by molar-refractivity contribution is 5.91. The van der Waals surface area contributed by atoms with Gasteiger partial charge >= 0.3 is 0 Å². The number of carbonyl (C=O) groups excluding carboxylic acids is 1. The molecule has 0 spiro atoms. The predicted octanol–water partition coefficient (Wildman–Crippen LogP) is 0.429. The van der Waals surface area contributed by atoms with Crippen LogP contribution in [-0.4, -0.2) is 62.1 Å². The lowest BCUT2D eigenvalue weighted by Gasteiger charge is -2.26. The SMILES string of the molecule is C=C(C)C(=O)N(C)CN(C)CN(C)C. The van der Waals surface area contributed by atoms with E-state index in [9.17, 15) is 4.79 Å². The van der Waals surface area contributed by atoms with Crippen molar-refractivity contribution in [3.8, 4) is 0 Å². The first-order valence-corrected chi connectivity index (χ1v) is 4.59. The zero-order chi connectivity index (χ0) is 11.3. The molecule has 0 bridgehead atoms. The first-order chi connectivity index (χ1) is 6.34. The molecule has 0 N–H and O–H groups in total. The fourth-order valence-corrected chi connectivity index (χ4v) is 1.28. The summed E-state index contributed by atoms with van der Waals surface area (Å²) in [4.78, 5) is 17.2. The maximum absolute atomic E-state index is 11.5. The van der Waals surface area contributed by atoms with Gasteiger partial charge in [-0.25, -0.2) is 0 Å². The summed E-state index contributed by atoms with van der Waals surface area (Å²) in [6.07, 6.45) is 0. The highest BCUT2D eigenvalue weighted by atomic mass is 16.2. The first kappa shape index (κ1) is 13.1. The van der Waals surface area contributed by atoms with Crippen molar-refractivity contribution in [2.24, 2.45) is 0 Å². The molecule has 82 valence electrons. The summed E-state index contributed by atoms with van der Waals surface area (Å²) in [7, 11) is 7.75. The monoisotopic (exact) mass is 199 g/mol. The fraction of sp³-hybridized carbons (Fsp3) is 0.700. The van der Waals surface area contributed by atoms with Crippen LogP contribution in [0.1, 0.15) is 6.92 Å². The molecular weight excluding hydrogens is 178 g/mol. The van der Waals surface area contributed by atoms with Crippen LogP contribution in [0.5, 0.6) is 0 Å². The van der Waals surface area contributed by atoms with E-state index in [0.29, 0.717) is 12.2 Å². The Balaban J connectivity index is 3.99. The number of carbonyl (C=O) groups is 1. The van der Waals surface area contributed by atoms with Gasteiger partial charge in [-0.1, -0.05) is 6.58 Å². The second-order valence-corrected chi connectivity index (χ2v) is 4.00. The number of amides is 1. The number of nitrogens with zero attached hydrogens (tertiary/aromatic N) is 3. The van der Waals surface area contributed by atoms with Crippen molar-refractivity contribution in [2.75, 3.05) is 41.5 Å². The Morgan fingerprint density at radius 2 is 1.64 bits per heavy atom. The molecule has 0 saturated heterocycles. The zero-order valence-corrected chi connectivity index (χ0v) is 9.87. The van der Waals surface area contributed by atoms with Crippen molar-refractivity contribution in [3.05, 3.63) is 12.2 Å². The predicted molar refractivity (Wildman–Crippen MR) is 58.8 cm³/mol. The van der Waals surface area contributed by atoms with Crippen molar-refractivity contribution in [1.29, 1.82) is 0 Å². The lowest BCUT2D eigenvalue weighted by atomic mass is 10.3. The van der Waals surface area contributed by atoms with Gasteiger partial charge in [0.1, 0.15) is 0 Å². The molecule has 0 heterocycles. The molecule has 0 aliphatic rings. The van der Waals surface area contributed by atoms with Crippen LogP contribution < -0.4 is 0 Å². The second kappa shape index (κ2) is 5.78. The average molecular weight is 199 g/mol. The molecule has 0 aromatic rings. The normalized spacial score (nSPS) is 10.8. The number of hydrogen-bond acceptors (Lipinski definition) is 3. The molecule has 0 aliphatic heterocycles. The maximum Gasteiger partial charge on any atom is 0.249 e. The van der Waals surface area contributed by atoms with E-state index in [1.807, 2.05) is 21.1 Å². The van der Waals surface area contributed by atoms with Crippen LogP contribution in [-0.2, 0) is 4.79 Å².